The minimum Gasteiger partial charge on any atom is -0.496 e. The van der Waals surface area contributed by atoms with E-state index in [9.17, 15) is 4.79 Å². The highest BCUT2D eigenvalue weighted by Gasteiger charge is 2.36. The van der Waals surface area contributed by atoms with Crippen LogP contribution in [0, 0.1) is 0 Å². The Kier molecular flexibility index (Phi) is 4.96. The first-order chi connectivity index (χ1) is 9.99. The molecule has 0 spiro atoms. The third-order valence-electron chi connectivity index (χ3n) is 4.14. The fraction of sp³-hybridized carbons (Fsp3) is 0.533. The first-order valence-corrected chi connectivity index (χ1v) is 7.23. The number of carboxylic acid groups (broad SMARTS) is 1. The van der Waals surface area contributed by atoms with Crippen molar-refractivity contribution in [2.75, 3.05) is 27.3 Å². The lowest BCUT2D eigenvalue weighted by Crippen LogP contribution is -2.48. The van der Waals surface area contributed by atoms with Crippen LogP contribution in [0.4, 0.5) is 4.79 Å². The van der Waals surface area contributed by atoms with E-state index >= 15 is 0 Å². The van der Waals surface area contributed by atoms with Gasteiger partial charge in [-0.15, -0.1) is 0 Å². The third-order valence-corrected chi connectivity index (χ3v) is 4.38. The molecule has 0 unspecified atom stereocenters. The fourth-order valence-corrected chi connectivity index (χ4v) is 2.93. The lowest BCUT2D eigenvalue weighted by atomic mass is 9.85. The Balaban J connectivity index is 2.15. The van der Waals surface area contributed by atoms with Crippen molar-refractivity contribution in [2.45, 2.75) is 24.9 Å². The normalized spacial score (nSPS) is 17.6. The Labute approximate surface area is 129 Å². The zero-order valence-corrected chi connectivity index (χ0v) is 13.0. The number of rotatable bonds is 4. The minimum atomic E-state index is -0.872. The van der Waals surface area contributed by atoms with E-state index in [0.717, 1.165) is 11.3 Å². The number of amides is 1. The largest absolute Gasteiger partial charge is 0.496 e. The van der Waals surface area contributed by atoms with E-state index in [1.54, 1.807) is 20.3 Å². The van der Waals surface area contributed by atoms with Gasteiger partial charge in [0.2, 0.25) is 0 Å². The van der Waals surface area contributed by atoms with Crippen molar-refractivity contribution >= 4 is 17.7 Å². The number of methoxy groups -OCH3 is 2. The Morgan fingerprint density at radius 1 is 1.38 bits per heavy atom. The van der Waals surface area contributed by atoms with Crippen LogP contribution < -0.4 is 4.74 Å². The van der Waals surface area contributed by atoms with Gasteiger partial charge in [-0.25, -0.2) is 4.79 Å². The van der Waals surface area contributed by atoms with E-state index in [1.165, 1.54) is 4.90 Å². The van der Waals surface area contributed by atoms with E-state index in [-0.39, 0.29) is 5.60 Å². The van der Waals surface area contributed by atoms with E-state index in [0.29, 0.717) is 37.4 Å². The van der Waals surface area contributed by atoms with Crippen molar-refractivity contribution in [1.29, 1.82) is 0 Å². The average molecular weight is 314 g/mol. The van der Waals surface area contributed by atoms with Crippen LogP contribution in [0.15, 0.2) is 18.2 Å². The molecule has 1 aliphatic heterocycles. The predicted octanol–water partition coefficient (Wildman–Crippen LogP) is 3.05. The number of hydrogen-bond acceptors (Lipinski definition) is 3. The average Bonchev–Trinajstić information content (AvgIpc) is 2.49. The number of ether oxygens (including phenoxy) is 2. The second-order valence-corrected chi connectivity index (χ2v) is 5.73. The standard InChI is InChI=1S/C15H20ClNO4/c1-20-13-9-12(16)4-3-11(13)10-15(21-2)5-7-17(8-6-15)14(18)19/h3-4,9H,5-8,10H2,1-2H3,(H,18,19). The molecule has 1 fully saturated rings. The monoisotopic (exact) mass is 313 g/mol. The highest BCUT2D eigenvalue weighted by atomic mass is 35.5. The number of piperidine rings is 1. The summed E-state index contributed by atoms with van der Waals surface area (Å²) in [6.07, 6.45) is 1.14. The number of nitrogens with zero attached hydrogens (tertiary/aromatic N) is 1. The van der Waals surface area contributed by atoms with Gasteiger partial charge in [0.1, 0.15) is 5.75 Å². The molecular formula is C15H20ClNO4. The molecule has 6 heteroatoms. The van der Waals surface area contributed by atoms with Gasteiger partial charge < -0.3 is 19.5 Å². The van der Waals surface area contributed by atoms with Crippen molar-refractivity contribution in [3.8, 4) is 5.75 Å². The maximum atomic E-state index is 11.0. The number of benzene rings is 1. The van der Waals surface area contributed by atoms with Crippen molar-refractivity contribution in [3.63, 3.8) is 0 Å². The maximum absolute atomic E-state index is 11.0. The lowest BCUT2D eigenvalue weighted by molar-refractivity contribution is -0.0527. The molecule has 0 aromatic heterocycles. The molecule has 1 aliphatic rings. The molecule has 0 bridgehead atoms. The van der Waals surface area contributed by atoms with Gasteiger partial charge in [0.25, 0.3) is 0 Å². The van der Waals surface area contributed by atoms with Crippen LogP contribution in [0.1, 0.15) is 18.4 Å². The summed E-state index contributed by atoms with van der Waals surface area (Å²) >= 11 is 5.98. The number of halogens is 1. The smallest absolute Gasteiger partial charge is 0.407 e. The Morgan fingerprint density at radius 3 is 2.57 bits per heavy atom. The van der Waals surface area contributed by atoms with Crippen LogP contribution in [0.5, 0.6) is 5.75 Å². The van der Waals surface area contributed by atoms with Gasteiger partial charge in [-0.05, 0) is 30.5 Å². The molecule has 0 saturated carbocycles. The summed E-state index contributed by atoms with van der Waals surface area (Å²) in [6.45, 7) is 0.970. The van der Waals surface area contributed by atoms with Gasteiger partial charge in [0.05, 0.1) is 12.7 Å². The summed E-state index contributed by atoms with van der Waals surface area (Å²) in [5.74, 6) is 0.736. The van der Waals surface area contributed by atoms with Crippen molar-refractivity contribution < 1.29 is 19.4 Å². The Bertz CT molecular complexity index is 512. The van der Waals surface area contributed by atoms with Gasteiger partial charge in [-0.2, -0.15) is 0 Å². The van der Waals surface area contributed by atoms with Crippen LogP contribution >= 0.6 is 11.6 Å². The van der Waals surface area contributed by atoms with Gasteiger partial charge in [-0.1, -0.05) is 17.7 Å². The Hall–Kier alpha value is -1.46. The van der Waals surface area contributed by atoms with Crippen molar-refractivity contribution in [1.82, 2.24) is 4.90 Å². The molecule has 1 amide bonds. The highest BCUT2D eigenvalue weighted by Crippen LogP contribution is 2.33. The van der Waals surface area contributed by atoms with Crippen LogP contribution in [-0.4, -0.2) is 49.0 Å². The minimum absolute atomic E-state index is 0.354. The second-order valence-electron chi connectivity index (χ2n) is 5.29. The summed E-state index contributed by atoms with van der Waals surface area (Å²) in [5, 5.41) is 9.66. The van der Waals surface area contributed by atoms with Crippen LogP contribution in [0.25, 0.3) is 0 Å². The molecule has 0 atom stereocenters. The SMILES string of the molecule is COc1cc(Cl)ccc1CC1(OC)CCN(C(=O)O)CC1. The molecule has 1 aromatic rings. The lowest BCUT2D eigenvalue weighted by Gasteiger charge is -2.40. The number of carbonyl (C=O) groups is 1. The summed E-state index contributed by atoms with van der Waals surface area (Å²) < 4.78 is 11.1. The summed E-state index contributed by atoms with van der Waals surface area (Å²) in [5.41, 5.74) is 0.667. The molecular weight excluding hydrogens is 294 g/mol. The summed E-state index contributed by atoms with van der Waals surface area (Å²) in [6, 6.07) is 5.55. The van der Waals surface area contributed by atoms with E-state index < -0.39 is 6.09 Å². The van der Waals surface area contributed by atoms with E-state index in [4.69, 9.17) is 26.2 Å². The molecule has 0 radical (unpaired) electrons. The molecule has 21 heavy (non-hydrogen) atoms. The first-order valence-electron chi connectivity index (χ1n) is 6.85. The maximum Gasteiger partial charge on any atom is 0.407 e. The molecule has 1 aromatic carbocycles. The zero-order valence-electron chi connectivity index (χ0n) is 12.3. The molecule has 116 valence electrons. The molecule has 5 nitrogen and oxygen atoms in total. The van der Waals surface area contributed by atoms with Gasteiger partial charge >= 0.3 is 6.09 Å². The topological polar surface area (TPSA) is 59.0 Å². The summed E-state index contributed by atoms with van der Waals surface area (Å²) in [4.78, 5) is 12.4. The molecule has 1 N–H and O–H groups in total. The quantitative estimate of drug-likeness (QED) is 0.928. The van der Waals surface area contributed by atoms with Gasteiger partial charge in [0.15, 0.2) is 0 Å². The number of hydrogen-bond donors (Lipinski definition) is 1. The summed E-state index contributed by atoms with van der Waals surface area (Å²) in [7, 11) is 3.29. The van der Waals surface area contributed by atoms with E-state index in [2.05, 4.69) is 0 Å². The number of likely N-dealkylation sites (tertiary alicyclic amines) is 1. The van der Waals surface area contributed by atoms with Crippen LogP contribution in [0.3, 0.4) is 0 Å². The molecule has 1 saturated heterocycles. The highest BCUT2D eigenvalue weighted by molar-refractivity contribution is 6.30. The van der Waals surface area contributed by atoms with Crippen LogP contribution in [-0.2, 0) is 11.2 Å². The Morgan fingerprint density at radius 2 is 2.05 bits per heavy atom. The third kappa shape index (κ3) is 3.60. The first kappa shape index (κ1) is 15.9. The molecule has 0 aliphatic carbocycles. The molecule has 2 rings (SSSR count). The van der Waals surface area contributed by atoms with Crippen molar-refractivity contribution in [2.24, 2.45) is 0 Å². The van der Waals surface area contributed by atoms with Crippen LogP contribution in [0.2, 0.25) is 5.02 Å². The van der Waals surface area contributed by atoms with Crippen molar-refractivity contribution in [3.05, 3.63) is 28.8 Å². The zero-order chi connectivity index (χ0) is 15.5. The predicted molar refractivity (Wildman–Crippen MR) is 80.3 cm³/mol. The fourth-order valence-electron chi connectivity index (χ4n) is 2.77. The second kappa shape index (κ2) is 6.54. The van der Waals surface area contributed by atoms with E-state index in [1.807, 2.05) is 12.1 Å². The van der Waals surface area contributed by atoms with Gasteiger partial charge in [-0.3, -0.25) is 0 Å². The molecule has 1 heterocycles. The van der Waals surface area contributed by atoms with Gasteiger partial charge in [0, 0.05) is 31.6 Å².